The Morgan fingerprint density at radius 2 is 2.09 bits per heavy atom. The lowest BCUT2D eigenvalue weighted by atomic mass is 10.0. The Kier molecular flexibility index (Phi) is 3.34. The summed E-state index contributed by atoms with van der Waals surface area (Å²) in [6.45, 7) is 0.933. The molecule has 0 saturated heterocycles. The van der Waals surface area contributed by atoms with Gasteiger partial charge in [-0.15, -0.1) is 0 Å². The third-order valence-electron chi connectivity index (χ3n) is 2.66. The molecule has 0 heterocycles. The van der Waals surface area contributed by atoms with Crippen LogP contribution >= 0.6 is 0 Å². The number of ether oxygens (including phenoxy) is 1. The second kappa shape index (κ2) is 4.07. The van der Waals surface area contributed by atoms with Crippen molar-refractivity contribution in [1.29, 1.82) is 0 Å². The predicted octanol–water partition coefficient (Wildman–Crippen LogP) is 1.36. The van der Waals surface area contributed by atoms with Crippen LogP contribution in [0.5, 0.6) is 0 Å². The van der Waals surface area contributed by atoms with E-state index in [0.717, 1.165) is 18.6 Å². The lowest BCUT2D eigenvalue weighted by Gasteiger charge is -2.25. The summed E-state index contributed by atoms with van der Waals surface area (Å²) in [7, 11) is 6.13. The van der Waals surface area contributed by atoms with Crippen molar-refractivity contribution in [3.05, 3.63) is 0 Å². The van der Waals surface area contributed by atoms with E-state index < -0.39 is 0 Å². The van der Waals surface area contributed by atoms with Crippen molar-refractivity contribution in [2.45, 2.75) is 25.3 Å². The lowest BCUT2D eigenvalue weighted by Crippen LogP contribution is -2.33. The fourth-order valence-corrected chi connectivity index (χ4v) is 2.11. The van der Waals surface area contributed by atoms with Crippen LogP contribution in [0.25, 0.3) is 0 Å². The van der Waals surface area contributed by atoms with Gasteiger partial charge in [0.1, 0.15) is 0 Å². The van der Waals surface area contributed by atoms with Crippen LogP contribution in [-0.2, 0) is 4.74 Å². The fraction of sp³-hybridized carbons (Fsp3) is 1.00. The molecule has 1 aliphatic rings. The molecule has 0 radical (unpaired) electrons. The number of hydrogen-bond donors (Lipinski definition) is 0. The maximum Gasteiger partial charge on any atom is 0.0505 e. The van der Waals surface area contributed by atoms with Crippen LogP contribution in [0.3, 0.4) is 0 Å². The van der Waals surface area contributed by atoms with Gasteiger partial charge in [0.05, 0.1) is 6.61 Å². The summed E-state index contributed by atoms with van der Waals surface area (Å²) in [6, 6.07) is 0.759. The third kappa shape index (κ3) is 2.17. The average Bonchev–Trinajstić information content (AvgIpc) is 2.36. The molecule has 0 aromatic carbocycles. The Labute approximate surface area is 69.5 Å². The van der Waals surface area contributed by atoms with Gasteiger partial charge in [0.2, 0.25) is 0 Å². The third-order valence-corrected chi connectivity index (χ3v) is 2.66. The van der Waals surface area contributed by atoms with E-state index in [1.165, 1.54) is 19.3 Å². The van der Waals surface area contributed by atoms with Gasteiger partial charge < -0.3 is 9.64 Å². The zero-order valence-electron chi connectivity index (χ0n) is 7.84. The summed E-state index contributed by atoms with van der Waals surface area (Å²) in [6.07, 6.45) is 4.06. The maximum atomic E-state index is 5.18. The van der Waals surface area contributed by atoms with Crippen LogP contribution in [0.1, 0.15) is 19.3 Å². The van der Waals surface area contributed by atoms with Gasteiger partial charge >= 0.3 is 0 Å². The van der Waals surface area contributed by atoms with E-state index in [0.29, 0.717) is 0 Å². The largest absolute Gasteiger partial charge is 0.384 e. The van der Waals surface area contributed by atoms with Gasteiger partial charge in [-0.25, -0.2) is 0 Å². The van der Waals surface area contributed by atoms with Crippen LogP contribution in [-0.4, -0.2) is 38.8 Å². The molecule has 0 amide bonds. The first-order valence-corrected chi connectivity index (χ1v) is 4.41. The zero-order valence-corrected chi connectivity index (χ0v) is 7.84. The summed E-state index contributed by atoms with van der Waals surface area (Å²) in [5.41, 5.74) is 0. The zero-order chi connectivity index (χ0) is 8.27. The molecule has 0 spiro atoms. The molecule has 0 aromatic rings. The fourth-order valence-electron chi connectivity index (χ4n) is 2.11. The highest BCUT2D eigenvalue weighted by Crippen LogP contribution is 2.28. The Morgan fingerprint density at radius 3 is 2.64 bits per heavy atom. The molecule has 2 atom stereocenters. The minimum atomic E-state index is 0.759. The molecule has 2 unspecified atom stereocenters. The van der Waals surface area contributed by atoms with Crippen molar-refractivity contribution in [3.63, 3.8) is 0 Å². The minimum Gasteiger partial charge on any atom is -0.384 e. The van der Waals surface area contributed by atoms with E-state index in [4.69, 9.17) is 4.74 Å². The summed E-state index contributed by atoms with van der Waals surface area (Å²) >= 11 is 0. The second-order valence-corrected chi connectivity index (χ2v) is 3.68. The number of rotatable bonds is 3. The highest BCUT2D eigenvalue weighted by molar-refractivity contribution is 4.82. The van der Waals surface area contributed by atoms with Crippen molar-refractivity contribution in [3.8, 4) is 0 Å². The molecule has 1 aliphatic carbocycles. The van der Waals surface area contributed by atoms with Crippen molar-refractivity contribution < 1.29 is 4.74 Å². The second-order valence-electron chi connectivity index (χ2n) is 3.68. The van der Waals surface area contributed by atoms with Gasteiger partial charge in [-0.3, -0.25) is 0 Å². The first kappa shape index (κ1) is 9.01. The number of hydrogen-bond acceptors (Lipinski definition) is 2. The summed E-state index contributed by atoms with van der Waals surface area (Å²) in [5, 5.41) is 0. The van der Waals surface area contributed by atoms with Crippen LogP contribution in [0.4, 0.5) is 0 Å². The van der Waals surface area contributed by atoms with Gasteiger partial charge in [-0.2, -0.15) is 0 Å². The molecule has 0 aromatic heterocycles. The Hall–Kier alpha value is -0.0800. The van der Waals surface area contributed by atoms with Gasteiger partial charge in [0, 0.05) is 13.2 Å². The first-order valence-electron chi connectivity index (χ1n) is 4.41. The predicted molar refractivity (Wildman–Crippen MR) is 46.7 cm³/mol. The summed E-state index contributed by atoms with van der Waals surface area (Å²) < 4.78 is 5.18. The SMILES string of the molecule is COCC1CCCC1N(C)C. The van der Waals surface area contributed by atoms with E-state index in [2.05, 4.69) is 19.0 Å². The van der Waals surface area contributed by atoms with Crippen molar-refractivity contribution in [2.24, 2.45) is 5.92 Å². The van der Waals surface area contributed by atoms with Crippen LogP contribution < -0.4 is 0 Å². The maximum absolute atomic E-state index is 5.18. The van der Waals surface area contributed by atoms with E-state index in [1.807, 2.05) is 0 Å². The Balaban J connectivity index is 2.37. The molecule has 0 N–H and O–H groups in total. The molecule has 1 fully saturated rings. The van der Waals surface area contributed by atoms with Crippen molar-refractivity contribution in [2.75, 3.05) is 27.8 Å². The Morgan fingerprint density at radius 1 is 1.36 bits per heavy atom. The van der Waals surface area contributed by atoms with Gasteiger partial charge in [0.15, 0.2) is 0 Å². The number of methoxy groups -OCH3 is 1. The van der Waals surface area contributed by atoms with Crippen LogP contribution in [0.2, 0.25) is 0 Å². The van der Waals surface area contributed by atoms with E-state index in [9.17, 15) is 0 Å². The molecule has 66 valence electrons. The van der Waals surface area contributed by atoms with E-state index in [-0.39, 0.29) is 0 Å². The standard InChI is InChI=1S/C9H19NO/c1-10(2)9-6-4-5-8(9)7-11-3/h8-9H,4-7H2,1-3H3. The smallest absolute Gasteiger partial charge is 0.0505 e. The molecule has 1 saturated carbocycles. The minimum absolute atomic E-state index is 0.759. The van der Waals surface area contributed by atoms with Crippen LogP contribution in [0, 0.1) is 5.92 Å². The normalized spacial score (nSPS) is 31.6. The molecular weight excluding hydrogens is 138 g/mol. The lowest BCUT2D eigenvalue weighted by molar-refractivity contribution is 0.113. The van der Waals surface area contributed by atoms with Gasteiger partial charge in [-0.1, -0.05) is 6.42 Å². The quantitative estimate of drug-likeness (QED) is 0.613. The number of nitrogens with zero attached hydrogens (tertiary/aromatic N) is 1. The average molecular weight is 157 g/mol. The van der Waals surface area contributed by atoms with Crippen LogP contribution in [0.15, 0.2) is 0 Å². The molecular formula is C9H19NO. The first-order chi connectivity index (χ1) is 5.25. The summed E-state index contributed by atoms with van der Waals surface area (Å²) in [4.78, 5) is 2.33. The highest BCUT2D eigenvalue weighted by Gasteiger charge is 2.28. The molecule has 2 heteroatoms. The molecule has 11 heavy (non-hydrogen) atoms. The van der Waals surface area contributed by atoms with Gasteiger partial charge in [0.25, 0.3) is 0 Å². The molecule has 1 rings (SSSR count). The van der Waals surface area contributed by atoms with E-state index in [1.54, 1.807) is 7.11 Å². The monoisotopic (exact) mass is 157 g/mol. The Bertz CT molecular complexity index is 114. The van der Waals surface area contributed by atoms with Crippen molar-refractivity contribution >= 4 is 0 Å². The highest BCUT2D eigenvalue weighted by atomic mass is 16.5. The van der Waals surface area contributed by atoms with Gasteiger partial charge in [-0.05, 0) is 32.9 Å². The molecule has 0 bridgehead atoms. The molecule has 0 aliphatic heterocycles. The van der Waals surface area contributed by atoms with E-state index >= 15 is 0 Å². The topological polar surface area (TPSA) is 12.5 Å². The summed E-state index contributed by atoms with van der Waals surface area (Å²) in [5.74, 6) is 0.773. The van der Waals surface area contributed by atoms with Crippen molar-refractivity contribution in [1.82, 2.24) is 4.90 Å². The molecule has 2 nitrogen and oxygen atoms in total.